The molecule has 0 aliphatic carbocycles. The highest BCUT2D eigenvalue weighted by atomic mass is 32.2. The Morgan fingerprint density at radius 1 is 0.941 bits per heavy atom. The maximum Gasteiger partial charge on any atom is 0.272 e. The van der Waals surface area contributed by atoms with Crippen molar-refractivity contribution in [3.8, 4) is 11.5 Å². The molecule has 176 valence electrons. The first-order chi connectivity index (χ1) is 16.2. The number of hydrogen-bond donors (Lipinski definition) is 2. The number of nitrogens with one attached hydrogen (secondary N) is 2. The third-order valence-electron chi connectivity index (χ3n) is 5.08. The number of anilines is 2. The Hall–Kier alpha value is -4.12. The van der Waals surface area contributed by atoms with E-state index in [1.807, 2.05) is 0 Å². The van der Waals surface area contributed by atoms with Gasteiger partial charge >= 0.3 is 0 Å². The highest BCUT2D eigenvalue weighted by Gasteiger charge is 2.19. The molecule has 11 heteroatoms. The van der Waals surface area contributed by atoms with Crippen molar-refractivity contribution in [2.75, 3.05) is 23.3 Å². The van der Waals surface area contributed by atoms with Gasteiger partial charge in [-0.15, -0.1) is 0 Å². The van der Waals surface area contributed by atoms with Crippen LogP contribution in [-0.4, -0.2) is 32.5 Å². The molecular formula is C23H21N3O7S. The fourth-order valence-corrected chi connectivity index (χ4v) is 4.42. The second kappa shape index (κ2) is 9.40. The highest BCUT2D eigenvalue weighted by molar-refractivity contribution is 7.92. The van der Waals surface area contributed by atoms with E-state index in [-0.39, 0.29) is 16.1 Å². The van der Waals surface area contributed by atoms with Gasteiger partial charge in [0.2, 0.25) is 0 Å². The zero-order valence-corrected chi connectivity index (χ0v) is 18.9. The Labute approximate surface area is 195 Å². The number of carbonyl (C=O) groups is 1. The number of rotatable bonds is 6. The van der Waals surface area contributed by atoms with Gasteiger partial charge in [-0.3, -0.25) is 19.6 Å². The van der Waals surface area contributed by atoms with Crippen molar-refractivity contribution in [1.29, 1.82) is 0 Å². The molecule has 0 aromatic heterocycles. The standard InChI is InChI=1S/C23H21N3O7S/c1-15-13-16(3-9-20(15)26(28)29)23(27)24-17-4-6-18(7-5-17)25-34(30,31)19-8-10-21-22(14-19)33-12-2-11-32-21/h3-10,13-14,25H,2,11-12H2,1H3,(H,24,27). The molecule has 0 saturated carbocycles. The molecule has 34 heavy (non-hydrogen) atoms. The summed E-state index contributed by atoms with van der Waals surface area (Å²) >= 11 is 0. The number of benzene rings is 3. The lowest BCUT2D eigenvalue weighted by atomic mass is 10.1. The molecule has 1 aliphatic rings. The summed E-state index contributed by atoms with van der Waals surface area (Å²) in [6.07, 6.45) is 0.710. The Kier molecular flexibility index (Phi) is 6.37. The number of hydrogen-bond acceptors (Lipinski definition) is 7. The summed E-state index contributed by atoms with van der Waals surface area (Å²) in [5.41, 5.74) is 1.30. The lowest BCUT2D eigenvalue weighted by Crippen LogP contribution is -2.14. The van der Waals surface area contributed by atoms with Crippen molar-refractivity contribution >= 4 is 33.0 Å². The summed E-state index contributed by atoms with van der Waals surface area (Å²) in [5.74, 6) is 0.429. The second-order valence-corrected chi connectivity index (χ2v) is 9.24. The van der Waals surface area contributed by atoms with Crippen molar-refractivity contribution in [2.45, 2.75) is 18.2 Å². The molecule has 2 N–H and O–H groups in total. The van der Waals surface area contributed by atoms with Gasteiger partial charge in [0, 0.05) is 41.1 Å². The Morgan fingerprint density at radius 2 is 1.62 bits per heavy atom. The monoisotopic (exact) mass is 483 g/mol. The van der Waals surface area contributed by atoms with Crippen LogP contribution in [0.2, 0.25) is 0 Å². The summed E-state index contributed by atoms with van der Waals surface area (Å²) in [5, 5.41) is 13.6. The maximum atomic E-state index is 12.8. The molecule has 1 aliphatic heterocycles. The van der Waals surface area contributed by atoms with E-state index in [2.05, 4.69) is 10.0 Å². The van der Waals surface area contributed by atoms with E-state index in [4.69, 9.17) is 9.47 Å². The predicted octanol–water partition coefficient (Wildman–Crippen LogP) is 4.12. The number of nitro groups is 1. The third kappa shape index (κ3) is 5.09. The molecule has 3 aromatic rings. The average molecular weight is 484 g/mol. The van der Waals surface area contributed by atoms with Crippen molar-refractivity contribution in [3.63, 3.8) is 0 Å². The van der Waals surface area contributed by atoms with Crippen LogP contribution in [0.1, 0.15) is 22.3 Å². The Morgan fingerprint density at radius 3 is 2.29 bits per heavy atom. The van der Waals surface area contributed by atoms with Crippen molar-refractivity contribution in [1.82, 2.24) is 0 Å². The van der Waals surface area contributed by atoms with E-state index in [0.29, 0.717) is 48.1 Å². The van der Waals surface area contributed by atoms with Gasteiger partial charge in [-0.1, -0.05) is 0 Å². The van der Waals surface area contributed by atoms with E-state index >= 15 is 0 Å². The van der Waals surface area contributed by atoms with Crippen molar-refractivity contribution < 1.29 is 27.6 Å². The molecule has 0 radical (unpaired) electrons. The topological polar surface area (TPSA) is 137 Å². The molecule has 3 aromatic carbocycles. The quantitative estimate of drug-likeness (QED) is 0.397. The molecule has 1 amide bonds. The molecule has 1 heterocycles. The van der Waals surface area contributed by atoms with E-state index in [1.165, 1.54) is 42.5 Å². The van der Waals surface area contributed by atoms with Gasteiger partial charge in [0.1, 0.15) is 0 Å². The molecule has 0 saturated heterocycles. The summed E-state index contributed by atoms with van der Waals surface area (Å²) in [6.45, 7) is 2.50. The molecular weight excluding hydrogens is 462 g/mol. The molecule has 0 unspecified atom stereocenters. The van der Waals surface area contributed by atoms with Crippen molar-refractivity contribution in [2.24, 2.45) is 0 Å². The first-order valence-electron chi connectivity index (χ1n) is 10.3. The summed E-state index contributed by atoms with van der Waals surface area (Å²) in [4.78, 5) is 22.9. The van der Waals surface area contributed by atoms with Crippen LogP contribution in [-0.2, 0) is 10.0 Å². The van der Waals surface area contributed by atoms with Gasteiger partial charge < -0.3 is 14.8 Å². The van der Waals surface area contributed by atoms with Gasteiger partial charge in [-0.05, 0) is 55.5 Å². The number of ether oxygens (including phenoxy) is 2. The lowest BCUT2D eigenvalue weighted by molar-refractivity contribution is -0.385. The third-order valence-corrected chi connectivity index (χ3v) is 6.46. The maximum absolute atomic E-state index is 12.8. The molecule has 0 spiro atoms. The van der Waals surface area contributed by atoms with E-state index in [0.717, 1.165) is 0 Å². The van der Waals surface area contributed by atoms with E-state index < -0.39 is 20.9 Å². The number of nitro benzene ring substituents is 1. The van der Waals surface area contributed by atoms with Crippen LogP contribution < -0.4 is 19.5 Å². The largest absolute Gasteiger partial charge is 0.490 e. The number of nitrogens with zero attached hydrogens (tertiary/aromatic N) is 1. The van der Waals surface area contributed by atoms with Crippen LogP contribution in [0, 0.1) is 17.0 Å². The normalized spacial score (nSPS) is 13.0. The fraction of sp³-hybridized carbons (Fsp3) is 0.174. The predicted molar refractivity (Wildman–Crippen MR) is 125 cm³/mol. The van der Waals surface area contributed by atoms with Crippen LogP contribution >= 0.6 is 0 Å². The van der Waals surface area contributed by atoms with Crippen LogP contribution in [0.4, 0.5) is 17.1 Å². The van der Waals surface area contributed by atoms with Gasteiger partial charge in [-0.25, -0.2) is 8.42 Å². The minimum absolute atomic E-state index is 0.0303. The van der Waals surface area contributed by atoms with Gasteiger partial charge in [0.15, 0.2) is 11.5 Å². The highest BCUT2D eigenvalue weighted by Crippen LogP contribution is 2.32. The van der Waals surface area contributed by atoms with Gasteiger partial charge in [0.05, 0.1) is 23.0 Å². The van der Waals surface area contributed by atoms with Crippen molar-refractivity contribution in [3.05, 3.63) is 81.9 Å². The molecule has 0 bridgehead atoms. The first-order valence-corrected chi connectivity index (χ1v) is 11.8. The molecule has 10 nitrogen and oxygen atoms in total. The zero-order valence-electron chi connectivity index (χ0n) is 18.1. The second-order valence-electron chi connectivity index (χ2n) is 7.55. The van der Waals surface area contributed by atoms with Crippen LogP contribution in [0.3, 0.4) is 0 Å². The van der Waals surface area contributed by atoms with Crippen LogP contribution in [0.15, 0.2) is 65.6 Å². The summed E-state index contributed by atoms with van der Waals surface area (Å²) in [7, 11) is -3.88. The number of amides is 1. The van der Waals surface area contributed by atoms with Gasteiger partial charge in [0.25, 0.3) is 21.6 Å². The first kappa shape index (κ1) is 23.1. The molecule has 4 rings (SSSR count). The Bertz CT molecular complexity index is 1360. The SMILES string of the molecule is Cc1cc(C(=O)Nc2ccc(NS(=O)(=O)c3ccc4c(c3)OCCCO4)cc2)ccc1[N+](=O)[O-]. The number of fused-ring (bicyclic) bond motifs is 1. The van der Waals surface area contributed by atoms with Crippen LogP contribution in [0.5, 0.6) is 11.5 Å². The average Bonchev–Trinajstić information content (AvgIpc) is 3.05. The number of aryl methyl sites for hydroxylation is 1. The molecule has 0 fully saturated rings. The number of sulfonamides is 1. The summed E-state index contributed by atoms with van der Waals surface area (Å²) in [6, 6.07) is 14.6. The minimum Gasteiger partial charge on any atom is -0.490 e. The summed E-state index contributed by atoms with van der Waals surface area (Å²) < 4.78 is 39.2. The fourth-order valence-electron chi connectivity index (χ4n) is 3.35. The van der Waals surface area contributed by atoms with E-state index in [9.17, 15) is 23.3 Å². The van der Waals surface area contributed by atoms with E-state index in [1.54, 1.807) is 25.1 Å². The Balaban J connectivity index is 1.44. The lowest BCUT2D eigenvalue weighted by Gasteiger charge is -2.12. The number of carbonyl (C=O) groups excluding carboxylic acids is 1. The minimum atomic E-state index is -3.88. The van der Waals surface area contributed by atoms with Crippen LogP contribution in [0.25, 0.3) is 0 Å². The molecule has 0 atom stereocenters. The zero-order chi connectivity index (χ0) is 24.3. The van der Waals surface area contributed by atoms with Gasteiger partial charge in [-0.2, -0.15) is 0 Å². The smallest absolute Gasteiger partial charge is 0.272 e.